The van der Waals surface area contributed by atoms with Crippen molar-refractivity contribution in [3.05, 3.63) is 0 Å². The fraction of sp³-hybridized carbons (Fsp3) is 0.895. The molecule has 6 nitrogen and oxygen atoms in total. The number of fused-ring (bicyclic) bond motifs is 1. The van der Waals surface area contributed by atoms with Gasteiger partial charge in [-0.2, -0.15) is 0 Å². The van der Waals surface area contributed by atoms with Crippen LogP contribution in [0.25, 0.3) is 0 Å². The van der Waals surface area contributed by atoms with Gasteiger partial charge in [0.2, 0.25) is 17.7 Å². The lowest BCUT2D eigenvalue weighted by Gasteiger charge is -2.38. The second-order valence-corrected chi connectivity index (χ2v) is 8.90. The molecule has 0 radical (unpaired) electrons. The van der Waals surface area contributed by atoms with Gasteiger partial charge in [-0.25, -0.2) is 8.78 Å². The molecule has 3 saturated heterocycles. The molecular formula is C19H30F2N4O2. The van der Waals surface area contributed by atoms with Gasteiger partial charge in [0.15, 0.2) is 0 Å². The van der Waals surface area contributed by atoms with E-state index in [9.17, 15) is 18.4 Å². The Morgan fingerprint density at radius 1 is 1.07 bits per heavy atom. The standard InChI is InChI=1S/C19H30F2N4O2/c1-24(13-2-4-19(20,21)5-3-13)14-10-15-17(27)23-18(6-8-22-9-7-18)11-16(26)25(15)12-14/h13-15,22H,2-12H2,1H3,(H,23,27)/t14-,15-/m0/s1. The summed E-state index contributed by atoms with van der Waals surface area (Å²) in [5, 5.41) is 6.47. The van der Waals surface area contributed by atoms with E-state index in [2.05, 4.69) is 15.5 Å². The summed E-state index contributed by atoms with van der Waals surface area (Å²) in [4.78, 5) is 29.7. The molecule has 0 aromatic carbocycles. The fourth-order valence-electron chi connectivity index (χ4n) is 5.35. The number of halogens is 2. The number of likely N-dealkylation sites (N-methyl/N-ethyl adjacent to an activating group) is 1. The Labute approximate surface area is 159 Å². The quantitative estimate of drug-likeness (QED) is 0.749. The Hall–Kier alpha value is -1.28. The average molecular weight is 384 g/mol. The zero-order chi connectivity index (χ0) is 19.2. The summed E-state index contributed by atoms with van der Waals surface area (Å²) >= 11 is 0. The van der Waals surface area contributed by atoms with Crippen molar-refractivity contribution in [1.29, 1.82) is 0 Å². The molecule has 27 heavy (non-hydrogen) atoms. The normalized spacial score (nSPS) is 33.9. The monoisotopic (exact) mass is 384 g/mol. The smallest absolute Gasteiger partial charge is 0.248 e. The molecule has 1 saturated carbocycles. The lowest BCUT2D eigenvalue weighted by molar-refractivity contribution is -0.135. The highest BCUT2D eigenvalue weighted by atomic mass is 19.3. The van der Waals surface area contributed by atoms with Crippen molar-refractivity contribution in [3.63, 3.8) is 0 Å². The third-order valence-corrected chi connectivity index (χ3v) is 7.18. The van der Waals surface area contributed by atoms with Crippen LogP contribution in [0.4, 0.5) is 8.78 Å². The second kappa shape index (κ2) is 6.95. The van der Waals surface area contributed by atoms with Gasteiger partial charge in [0.25, 0.3) is 0 Å². The number of rotatable bonds is 2. The maximum Gasteiger partial charge on any atom is 0.248 e. The van der Waals surface area contributed by atoms with Crippen LogP contribution in [0.1, 0.15) is 51.4 Å². The van der Waals surface area contributed by atoms with Gasteiger partial charge in [0, 0.05) is 31.5 Å². The van der Waals surface area contributed by atoms with Crippen molar-refractivity contribution in [2.24, 2.45) is 0 Å². The minimum Gasteiger partial charge on any atom is -0.348 e. The molecule has 1 spiro atoms. The van der Waals surface area contributed by atoms with Crippen molar-refractivity contribution in [2.45, 2.75) is 81.0 Å². The number of alkyl halides is 2. The molecule has 0 aromatic heterocycles. The maximum atomic E-state index is 13.5. The Kier molecular flexibility index (Phi) is 4.91. The summed E-state index contributed by atoms with van der Waals surface area (Å²) < 4.78 is 26.9. The lowest BCUT2D eigenvalue weighted by atomic mass is 9.84. The molecule has 3 heterocycles. The topological polar surface area (TPSA) is 64.7 Å². The summed E-state index contributed by atoms with van der Waals surface area (Å²) in [7, 11) is 1.96. The van der Waals surface area contributed by atoms with E-state index >= 15 is 0 Å². The highest BCUT2D eigenvalue weighted by Gasteiger charge is 2.49. The Morgan fingerprint density at radius 2 is 1.74 bits per heavy atom. The van der Waals surface area contributed by atoms with Crippen LogP contribution >= 0.6 is 0 Å². The first-order valence-corrected chi connectivity index (χ1v) is 10.2. The van der Waals surface area contributed by atoms with E-state index in [4.69, 9.17) is 0 Å². The first kappa shape index (κ1) is 19.1. The van der Waals surface area contributed by atoms with Gasteiger partial charge >= 0.3 is 0 Å². The van der Waals surface area contributed by atoms with Crippen molar-refractivity contribution in [2.75, 3.05) is 26.7 Å². The fourth-order valence-corrected chi connectivity index (χ4v) is 5.35. The van der Waals surface area contributed by atoms with Crippen LogP contribution in [-0.4, -0.2) is 77.9 Å². The molecule has 2 amide bonds. The first-order valence-electron chi connectivity index (χ1n) is 10.2. The van der Waals surface area contributed by atoms with E-state index in [-0.39, 0.29) is 36.7 Å². The van der Waals surface area contributed by atoms with Gasteiger partial charge in [0.1, 0.15) is 6.04 Å². The molecule has 3 aliphatic heterocycles. The third kappa shape index (κ3) is 3.70. The minimum absolute atomic E-state index is 0.0474. The van der Waals surface area contributed by atoms with Crippen LogP contribution in [0.5, 0.6) is 0 Å². The van der Waals surface area contributed by atoms with Crippen LogP contribution in [0.2, 0.25) is 0 Å². The number of carbonyl (C=O) groups is 2. The van der Waals surface area contributed by atoms with Gasteiger partial charge in [-0.05, 0) is 52.2 Å². The molecule has 4 rings (SSSR count). The minimum atomic E-state index is -2.54. The highest BCUT2D eigenvalue weighted by molar-refractivity contribution is 5.92. The van der Waals surface area contributed by atoms with Gasteiger partial charge in [-0.15, -0.1) is 0 Å². The molecule has 2 N–H and O–H groups in total. The average Bonchev–Trinajstić information content (AvgIpc) is 3.04. The molecular weight excluding hydrogens is 354 g/mol. The van der Waals surface area contributed by atoms with E-state index in [0.29, 0.717) is 32.2 Å². The molecule has 8 heteroatoms. The number of carbonyl (C=O) groups excluding carboxylic acids is 2. The summed E-state index contributed by atoms with van der Waals surface area (Å²) in [6.07, 6.45) is 3.32. The Balaban J connectivity index is 1.43. The van der Waals surface area contributed by atoms with Crippen LogP contribution in [0.15, 0.2) is 0 Å². The van der Waals surface area contributed by atoms with E-state index < -0.39 is 17.5 Å². The predicted molar refractivity (Wildman–Crippen MR) is 96.5 cm³/mol. The summed E-state index contributed by atoms with van der Waals surface area (Å²) in [5.41, 5.74) is -0.403. The van der Waals surface area contributed by atoms with E-state index in [1.807, 2.05) is 7.05 Å². The van der Waals surface area contributed by atoms with Gasteiger partial charge in [-0.3, -0.25) is 14.5 Å². The number of nitrogens with one attached hydrogen (secondary N) is 2. The van der Waals surface area contributed by atoms with Crippen molar-refractivity contribution in [1.82, 2.24) is 20.4 Å². The first-order chi connectivity index (χ1) is 12.8. The van der Waals surface area contributed by atoms with Gasteiger partial charge in [0.05, 0.1) is 12.0 Å². The molecule has 2 atom stereocenters. The van der Waals surface area contributed by atoms with Crippen molar-refractivity contribution < 1.29 is 18.4 Å². The molecule has 0 bridgehead atoms. The zero-order valence-corrected chi connectivity index (χ0v) is 16.0. The number of hydrogen-bond acceptors (Lipinski definition) is 4. The van der Waals surface area contributed by atoms with Crippen LogP contribution < -0.4 is 10.6 Å². The van der Waals surface area contributed by atoms with E-state index in [1.54, 1.807) is 4.90 Å². The predicted octanol–water partition coefficient (Wildman–Crippen LogP) is 1.11. The Morgan fingerprint density at radius 3 is 2.41 bits per heavy atom. The molecule has 0 aromatic rings. The SMILES string of the molecule is CN(C1CCC(F)(F)CC1)[C@H]1C[C@H]2C(=O)NC3(CCNCC3)CC(=O)N2C1. The molecule has 4 aliphatic rings. The van der Waals surface area contributed by atoms with Crippen LogP contribution in [0.3, 0.4) is 0 Å². The van der Waals surface area contributed by atoms with Crippen LogP contribution in [0, 0.1) is 0 Å². The maximum absolute atomic E-state index is 13.5. The van der Waals surface area contributed by atoms with Crippen LogP contribution in [-0.2, 0) is 9.59 Å². The summed E-state index contributed by atoms with van der Waals surface area (Å²) in [5.74, 6) is -2.54. The summed E-state index contributed by atoms with van der Waals surface area (Å²) in [6, 6.07) is -0.264. The van der Waals surface area contributed by atoms with Crippen molar-refractivity contribution in [3.8, 4) is 0 Å². The second-order valence-electron chi connectivity index (χ2n) is 8.90. The number of hydrogen-bond donors (Lipinski definition) is 2. The van der Waals surface area contributed by atoms with Gasteiger partial charge in [-0.1, -0.05) is 0 Å². The van der Waals surface area contributed by atoms with E-state index in [0.717, 1.165) is 25.9 Å². The largest absolute Gasteiger partial charge is 0.348 e. The molecule has 0 unspecified atom stereocenters. The number of piperidine rings is 1. The summed E-state index contributed by atoms with van der Waals surface area (Å²) in [6.45, 7) is 2.15. The van der Waals surface area contributed by atoms with Crippen molar-refractivity contribution >= 4 is 11.8 Å². The third-order valence-electron chi connectivity index (χ3n) is 7.18. The number of nitrogens with zero attached hydrogens (tertiary/aromatic N) is 2. The van der Waals surface area contributed by atoms with Gasteiger partial charge < -0.3 is 15.5 Å². The highest BCUT2D eigenvalue weighted by Crippen LogP contribution is 2.37. The Bertz CT molecular complexity index is 571. The molecule has 152 valence electrons. The number of amides is 2. The zero-order valence-electron chi connectivity index (χ0n) is 16.0. The van der Waals surface area contributed by atoms with E-state index in [1.165, 1.54) is 0 Å². The molecule has 1 aliphatic carbocycles. The lowest BCUT2D eigenvalue weighted by Crippen LogP contribution is -2.55. The molecule has 4 fully saturated rings.